The number of hydrogen-bond donors (Lipinski definition) is 1. The normalized spacial score (nSPS) is 13.0. The minimum Gasteiger partial charge on any atom is -0.366 e. The van der Waals surface area contributed by atoms with Gasteiger partial charge in [0.2, 0.25) is 0 Å². The van der Waals surface area contributed by atoms with Gasteiger partial charge in [-0.3, -0.25) is 0 Å². The van der Waals surface area contributed by atoms with E-state index in [0.717, 1.165) is 11.4 Å². The Morgan fingerprint density at radius 3 is 2.54 bits per heavy atom. The molecule has 0 aliphatic rings. The van der Waals surface area contributed by atoms with Gasteiger partial charge in [-0.25, -0.2) is 0 Å². The molecule has 0 aliphatic heterocycles. The van der Waals surface area contributed by atoms with Gasteiger partial charge < -0.3 is 5.32 Å². The summed E-state index contributed by atoms with van der Waals surface area (Å²) in [5.74, 6) is 1.46. The van der Waals surface area contributed by atoms with Gasteiger partial charge in [0, 0.05) is 6.04 Å². The summed E-state index contributed by atoms with van der Waals surface area (Å²) < 4.78 is 0. The second-order valence-corrected chi connectivity index (χ2v) is 3.80. The van der Waals surface area contributed by atoms with Crippen LogP contribution in [0.3, 0.4) is 0 Å². The standard InChI is InChI=1S/C10H17N3/c1-7(2)9(4)12-10-5-8(3)6-11-13-10/h5-7,9H,1-4H3,(H,12,13). The average molecular weight is 179 g/mol. The summed E-state index contributed by atoms with van der Waals surface area (Å²) in [6, 6.07) is 2.43. The van der Waals surface area contributed by atoms with Crippen molar-refractivity contribution in [1.82, 2.24) is 10.2 Å². The molecule has 0 saturated carbocycles. The molecule has 1 heterocycles. The molecule has 3 nitrogen and oxygen atoms in total. The monoisotopic (exact) mass is 179 g/mol. The third kappa shape index (κ3) is 3.01. The second kappa shape index (κ2) is 4.21. The highest BCUT2D eigenvalue weighted by atomic mass is 15.2. The molecule has 1 rings (SSSR count). The number of hydrogen-bond acceptors (Lipinski definition) is 3. The lowest BCUT2D eigenvalue weighted by Gasteiger charge is -2.17. The van der Waals surface area contributed by atoms with Crippen LogP contribution in [0.4, 0.5) is 5.82 Å². The highest BCUT2D eigenvalue weighted by Crippen LogP contribution is 2.09. The molecule has 1 unspecified atom stereocenters. The first kappa shape index (κ1) is 9.96. The van der Waals surface area contributed by atoms with E-state index in [1.54, 1.807) is 6.20 Å². The molecule has 0 fully saturated rings. The van der Waals surface area contributed by atoms with Gasteiger partial charge in [0.25, 0.3) is 0 Å². The van der Waals surface area contributed by atoms with Crippen LogP contribution in [0.1, 0.15) is 26.3 Å². The van der Waals surface area contributed by atoms with Crippen LogP contribution >= 0.6 is 0 Å². The first-order chi connectivity index (χ1) is 6.09. The van der Waals surface area contributed by atoms with Crippen molar-refractivity contribution in [2.75, 3.05) is 5.32 Å². The van der Waals surface area contributed by atoms with Gasteiger partial charge in [0.1, 0.15) is 5.82 Å². The predicted molar refractivity (Wildman–Crippen MR) is 54.7 cm³/mol. The topological polar surface area (TPSA) is 37.8 Å². The fraction of sp³-hybridized carbons (Fsp3) is 0.600. The Morgan fingerprint density at radius 2 is 2.00 bits per heavy atom. The molecule has 13 heavy (non-hydrogen) atoms. The van der Waals surface area contributed by atoms with Crippen LogP contribution in [0.2, 0.25) is 0 Å². The van der Waals surface area contributed by atoms with E-state index in [0.29, 0.717) is 12.0 Å². The molecule has 0 aliphatic carbocycles. The summed E-state index contributed by atoms with van der Waals surface area (Å²) in [6.07, 6.45) is 1.76. The Labute approximate surface area is 79.6 Å². The average Bonchev–Trinajstić information content (AvgIpc) is 2.04. The predicted octanol–water partition coefficient (Wildman–Crippen LogP) is 2.24. The van der Waals surface area contributed by atoms with Crippen LogP contribution in [0, 0.1) is 12.8 Å². The van der Waals surface area contributed by atoms with Gasteiger partial charge in [-0.15, -0.1) is 5.10 Å². The summed E-state index contributed by atoms with van der Waals surface area (Å²) in [4.78, 5) is 0. The summed E-state index contributed by atoms with van der Waals surface area (Å²) in [5.41, 5.74) is 1.13. The number of nitrogens with zero attached hydrogens (tertiary/aromatic N) is 2. The Morgan fingerprint density at radius 1 is 1.31 bits per heavy atom. The van der Waals surface area contributed by atoms with Gasteiger partial charge in [0.15, 0.2) is 0 Å². The Hall–Kier alpha value is -1.12. The van der Waals surface area contributed by atoms with E-state index in [2.05, 4.69) is 36.3 Å². The van der Waals surface area contributed by atoms with Crippen LogP contribution in [-0.2, 0) is 0 Å². The van der Waals surface area contributed by atoms with Crippen LogP contribution in [0.5, 0.6) is 0 Å². The molecule has 1 atom stereocenters. The van der Waals surface area contributed by atoms with Crippen molar-refractivity contribution < 1.29 is 0 Å². The van der Waals surface area contributed by atoms with Crippen LogP contribution in [0.25, 0.3) is 0 Å². The minimum atomic E-state index is 0.427. The zero-order valence-corrected chi connectivity index (χ0v) is 8.70. The highest BCUT2D eigenvalue weighted by Gasteiger charge is 2.06. The largest absolute Gasteiger partial charge is 0.366 e. The lowest BCUT2D eigenvalue weighted by molar-refractivity contribution is 0.557. The van der Waals surface area contributed by atoms with E-state index in [-0.39, 0.29) is 0 Å². The van der Waals surface area contributed by atoms with Crippen molar-refractivity contribution >= 4 is 5.82 Å². The number of rotatable bonds is 3. The van der Waals surface area contributed by atoms with E-state index < -0.39 is 0 Å². The van der Waals surface area contributed by atoms with Gasteiger partial charge in [-0.05, 0) is 31.4 Å². The Bertz CT molecular complexity index is 271. The number of aryl methyl sites for hydroxylation is 1. The van der Waals surface area contributed by atoms with E-state index in [1.165, 1.54) is 0 Å². The van der Waals surface area contributed by atoms with Crippen molar-refractivity contribution in [2.24, 2.45) is 5.92 Å². The highest BCUT2D eigenvalue weighted by molar-refractivity contribution is 5.35. The molecule has 0 saturated heterocycles. The van der Waals surface area contributed by atoms with Crippen molar-refractivity contribution in [3.05, 3.63) is 17.8 Å². The van der Waals surface area contributed by atoms with E-state index in [4.69, 9.17) is 0 Å². The van der Waals surface area contributed by atoms with Gasteiger partial charge >= 0.3 is 0 Å². The molecule has 1 aromatic heterocycles. The summed E-state index contributed by atoms with van der Waals surface area (Å²) in [6.45, 7) is 8.52. The van der Waals surface area contributed by atoms with E-state index in [9.17, 15) is 0 Å². The molecular formula is C10H17N3. The second-order valence-electron chi connectivity index (χ2n) is 3.80. The van der Waals surface area contributed by atoms with E-state index >= 15 is 0 Å². The first-order valence-corrected chi connectivity index (χ1v) is 4.65. The quantitative estimate of drug-likeness (QED) is 0.773. The minimum absolute atomic E-state index is 0.427. The molecule has 0 radical (unpaired) electrons. The lowest BCUT2D eigenvalue weighted by Crippen LogP contribution is -2.22. The molecular weight excluding hydrogens is 162 g/mol. The number of nitrogens with one attached hydrogen (secondary N) is 1. The molecule has 0 bridgehead atoms. The fourth-order valence-corrected chi connectivity index (χ4v) is 0.934. The van der Waals surface area contributed by atoms with Crippen molar-refractivity contribution in [3.8, 4) is 0 Å². The van der Waals surface area contributed by atoms with Crippen molar-refractivity contribution in [2.45, 2.75) is 33.7 Å². The third-order valence-electron chi connectivity index (χ3n) is 2.17. The number of aromatic nitrogens is 2. The maximum absolute atomic E-state index is 4.00. The van der Waals surface area contributed by atoms with Crippen LogP contribution < -0.4 is 5.32 Å². The third-order valence-corrected chi connectivity index (χ3v) is 2.17. The summed E-state index contributed by atoms with van der Waals surface area (Å²) in [7, 11) is 0. The number of anilines is 1. The molecule has 0 amide bonds. The maximum Gasteiger partial charge on any atom is 0.149 e. The van der Waals surface area contributed by atoms with Crippen LogP contribution in [0.15, 0.2) is 12.3 Å². The zero-order chi connectivity index (χ0) is 9.84. The molecule has 0 aromatic carbocycles. The fourth-order valence-electron chi connectivity index (χ4n) is 0.934. The zero-order valence-electron chi connectivity index (χ0n) is 8.70. The Balaban J connectivity index is 2.64. The Kier molecular flexibility index (Phi) is 3.23. The SMILES string of the molecule is Cc1cnnc(NC(C)C(C)C)c1. The molecule has 72 valence electrons. The van der Waals surface area contributed by atoms with Gasteiger partial charge in [0.05, 0.1) is 6.20 Å². The smallest absolute Gasteiger partial charge is 0.149 e. The lowest BCUT2D eigenvalue weighted by atomic mass is 10.1. The van der Waals surface area contributed by atoms with E-state index in [1.807, 2.05) is 13.0 Å². The molecule has 1 aromatic rings. The van der Waals surface area contributed by atoms with Crippen molar-refractivity contribution in [1.29, 1.82) is 0 Å². The maximum atomic E-state index is 4.00. The van der Waals surface area contributed by atoms with Gasteiger partial charge in [-0.1, -0.05) is 13.8 Å². The summed E-state index contributed by atoms with van der Waals surface area (Å²) >= 11 is 0. The molecule has 0 spiro atoms. The first-order valence-electron chi connectivity index (χ1n) is 4.65. The van der Waals surface area contributed by atoms with Crippen molar-refractivity contribution in [3.63, 3.8) is 0 Å². The molecule has 1 N–H and O–H groups in total. The van der Waals surface area contributed by atoms with Crippen LogP contribution in [-0.4, -0.2) is 16.2 Å². The summed E-state index contributed by atoms with van der Waals surface area (Å²) in [5, 5.41) is 11.2. The molecule has 3 heteroatoms. The van der Waals surface area contributed by atoms with Gasteiger partial charge in [-0.2, -0.15) is 5.10 Å².